The normalized spacial score (nSPS) is 32.6. The summed E-state index contributed by atoms with van der Waals surface area (Å²) in [6.45, 7) is 1.11. The van der Waals surface area contributed by atoms with Gasteiger partial charge in [0.15, 0.2) is 5.78 Å². The lowest BCUT2D eigenvalue weighted by molar-refractivity contribution is -0.134. The van der Waals surface area contributed by atoms with Crippen LogP contribution in [-0.4, -0.2) is 30.3 Å². The highest BCUT2D eigenvalue weighted by atomic mass is 16.1. The summed E-state index contributed by atoms with van der Waals surface area (Å²) in [5.74, 6) is 0.952. The first-order valence-corrected chi connectivity index (χ1v) is 4.53. The summed E-state index contributed by atoms with van der Waals surface area (Å²) in [7, 11) is 2.05. The zero-order valence-electron chi connectivity index (χ0n) is 7.05. The van der Waals surface area contributed by atoms with Crippen LogP contribution in [0.4, 0.5) is 0 Å². The van der Waals surface area contributed by atoms with Gasteiger partial charge in [0, 0.05) is 12.5 Å². The van der Waals surface area contributed by atoms with Crippen molar-refractivity contribution in [3.8, 4) is 0 Å². The van der Waals surface area contributed by atoms with Gasteiger partial charge in [-0.2, -0.15) is 0 Å². The van der Waals surface area contributed by atoms with Crippen molar-refractivity contribution in [1.29, 1.82) is 0 Å². The maximum absolute atomic E-state index is 11.6. The van der Waals surface area contributed by atoms with Crippen LogP contribution in [0.3, 0.4) is 0 Å². The van der Waals surface area contributed by atoms with E-state index in [4.69, 9.17) is 0 Å². The highest BCUT2D eigenvalue weighted by molar-refractivity contribution is 5.87. The maximum Gasteiger partial charge on any atom is 0.153 e. The van der Waals surface area contributed by atoms with Crippen LogP contribution in [0.2, 0.25) is 0 Å². The summed E-state index contributed by atoms with van der Waals surface area (Å²) in [6, 6.07) is 0.292. The molecule has 0 N–H and O–H groups in total. The molecule has 0 amide bonds. The second kappa shape index (κ2) is 2.59. The summed E-state index contributed by atoms with van der Waals surface area (Å²) in [5, 5.41) is 0. The summed E-state index contributed by atoms with van der Waals surface area (Å²) >= 11 is 0. The molecule has 2 fully saturated rings. The Bertz CT molecular complexity index is 174. The van der Waals surface area contributed by atoms with E-state index in [1.807, 2.05) is 7.05 Å². The number of hydrogen-bond acceptors (Lipinski definition) is 2. The van der Waals surface area contributed by atoms with E-state index in [1.54, 1.807) is 0 Å². The molecule has 1 saturated heterocycles. The number of nitrogens with zero attached hydrogens (tertiary/aromatic N) is 1. The van der Waals surface area contributed by atoms with Crippen molar-refractivity contribution >= 4 is 5.78 Å². The van der Waals surface area contributed by atoms with Crippen LogP contribution < -0.4 is 0 Å². The van der Waals surface area contributed by atoms with Crippen molar-refractivity contribution in [3.63, 3.8) is 0 Å². The highest BCUT2D eigenvalue weighted by Gasteiger charge is 2.37. The van der Waals surface area contributed by atoms with Gasteiger partial charge in [-0.05, 0) is 26.3 Å². The molecule has 1 aliphatic heterocycles. The number of ketones is 1. The molecule has 1 aliphatic carbocycles. The second-order valence-corrected chi connectivity index (χ2v) is 3.82. The van der Waals surface area contributed by atoms with Crippen LogP contribution in [0.1, 0.15) is 25.7 Å². The fourth-order valence-electron chi connectivity index (χ4n) is 1.84. The van der Waals surface area contributed by atoms with Gasteiger partial charge in [0.25, 0.3) is 0 Å². The number of carbonyl (C=O) groups is 1. The predicted molar refractivity (Wildman–Crippen MR) is 43.4 cm³/mol. The average molecular weight is 153 g/mol. The number of hydrogen-bond donors (Lipinski definition) is 0. The van der Waals surface area contributed by atoms with Gasteiger partial charge >= 0.3 is 0 Å². The lowest BCUT2D eigenvalue weighted by Crippen LogP contribution is -2.52. The van der Waals surface area contributed by atoms with Crippen molar-refractivity contribution in [2.45, 2.75) is 31.7 Å². The van der Waals surface area contributed by atoms with E-state index in [0.717, 1.165) is 25.8 Å². The van der Waals surface area contributed by atoms with E-state index in [-0.39, 0.29) is 0 Å². The molecule has 0 aromatic rings. The Morgan fingerprint density at radius 3 is 2.36 bits per heavy atom. The molecule has 1 saturated carbocycles. The van der Waals surface area contributed by atoms with Crippen molar-refractivity contribution in [3.05, 3.63) is 0 Å². The van der Waals surface area contributed by atoms with E-state index in [2.05, 4.69) is 4.90 Å². The number of Topliss-reactive ketones (excluding diaryl/α,β-unsaturated/α-hetero) is 1. The molecular formula is C9H15NO. The summed E-state index contributed by atoms with van der Waals surface area (Å²) < 4.78 is 0. The smallest absolute Gasteiger partial charge is 0.153 e. The second-order valence-electron chi connectivity index (χ2n) is 3.82. The third-order valence-corrected chi connectivity index (χ3v) is 3.12. The Balaban J connectivity index is 1.88. The first-order chi connectivity index (χ1) is 5.29. The van der Waals surface area contributed by atoms with Crippen molar-refractivity contribution in [2.75, 3.05) is 13.6 Å². The first kappa shape index (κ1) is 7.29. The lowest BCUT2D eigenvalue weighted by atomic mass is 9.77. The monoisotopic (exact) mass is 153 g/mol. The molecule has 62 valence electrons. The number of likely N-dealkylation sites (N-methyl/N-ethyl adjacent to an activating group) is 1. The van der Waals surface area contributed by atoms with E-state index >= 15 is 0 Å². The van der Waals surface area contributed by atoms with E-state index in [1.165, 1.54) is 6.42 Å². The van der Waals surface area contributed by atoms with Crippen molar-refractivity contribution in [1.82, 2.24) is 4.90 Å². The zero-order valence-corrected chi connectivity index (χ0v) is 7.05. The highest BCUT2D eigenvalue weighted by Crippen LogP contribution is 2.31. The van der Waals surface area contributed by atoms with Crippen LogP contribution in [0.5, 0.6) is 0 Å². The van der Waals surface area contributed by atoms with Gasteiger partial charge in [-0.3, -0.25) is 9.69 Å². The molecule has 0 bridgehead atoms. The topological polar surface area (TPSA) is 20.3 Å². The molecule has 0 radical (unpaired) electrons. The van der Waals surface area contributed by atoms with E-state index in [9.17, 15) is 4.79 Å². The van der Waals surface area contributed by atoms with E-state index < -0.39 is 0 Å². The van der Waals surface area contributed by atoms with Gasteiger partial charge in [0.1, 0.15) is 0 Å². The zero-order chi connectivity index (χ0) is 7.84. The van der Waals surface area contributed by atoms with E-state index in [0.29, 0.717) is 17.7 Å². The van der Waals surface area contributed by atoms with Crippen LogP contribution in [-0.2, 0) is 4.79 Å². The van der Waals surface area contributed by atoms with Gasteiger partial charge in [0.2, 0.25) is 0 Å². The Morgan fingerprint density at radius 2 is 2.09 bits per heavy atom. The largest absolute Gasteiger partial charge is 0.298 e. The molecule has 0 aromatic carbocycles. The molecule has 11 heavy (non-hydrogen) atoms. The Morgan fingerprint density at radius 1 is 1.36 bits per heavy atom. The third-order valence-electron chi connectivity index (χ3n) is 3.12. The van der Waals surface area contributed by atoms with Crippen LogP contribution in [0, 0.1) is 5.92 Å². The van der Waals surface area contributed by atoms with Gasteiger partial charge in [-0.1, -0.05) is 6.42 Å². The average Bonchev–Trinajstić information content (AvgIpc) is 1.80. The standard InChI is InChI=1S/C9H15NO/c1-10-6-5-8(10)9(11)7-3-2-4-7/h7-8H,2-6H2,1H3. The molecule has 0 spiro atoms. The number of rotatable bonds is 2. The first-order valence-electron chi connectivity index (χ1n) is 4.53. The predicted octanol–water partition coefficient (Wildman–Crippen LogP) is 1.06. The van der Waals surface area contributed by atoms with Crippen LogP contribution in [0.15, 0.2) is 0 Å². The summed E-state index contributed by atoms with van der Waals surface area (Å²) in [6.07, 6.45) is 4.69. The maximum atomic E-state index is 11.6. The molecule has 1 heterocycles. The van der Waals surface area contributed by atoms with Crippen LogP contribution >= 0.6 is 0 Å². The molecule has 0 aromatic heterocycles. The molecule has 2 nitrogen and oxygen atoms in total. The number of likely N-dealkylation sites (tertiary alicyclic amines) is 1. The Labute approximate surface area is 67.6 Å². The molecule has 2 heteroatoms. The quantitative estimate of drug-likeness (QED) is 0.591. The lowest BCUT2D eigenvalue weighted by Gasteiger charge is -2.40. The van der Waals surface area contributed by atoms with Gasteiger partial charge in [0.05, 0.1) is 6.04 Å². The minimum Gasteiger partial charge on any atom is -0.298 e. The SMILES string of the molecule is CN1CCC1C(=O)C1CCC1. The molecular weight excluding hydrogens is 138 g/mol. The van der Waals surface area contributed by atoms with Gasteiger partial charge in [-0.15, -0.1) is 0 Å². The van der Waals surface area contributed by atoms with Crippen molar-refractivity contribution in [2.24, 2.45) is 5.92 Å². The van der Waals surface area contributed by atoms with Crippen molar-refractivity contribution < 1.29 is 4.79 Å². The Hall–Kier alpha value is -0.370. The van der Waals surface area contributed by atoms with Crippen LogP contribution in [0.25, 0.3) is 0 Å². The summed E-state index contributed by atoms with van der Waals surface area (Å²) in [4.78, 5) is 13.7. The molecule has 2 aliphatic rings. The minimum absolute atomic E-state index is 0.292. The fourth-order valence-corrected chi connectivity index (χ4v) is 1.84. The molecule has 1 atom stereocenters. The summed E-state index contributed by atoms with van der Waals surface area (Å²) in [5.41, 5.74) is 0. The molecule has 2 rings (SSSR count). The van der Waals surface area contributed by atoms with Gasteiger partial charge in [-0.25, -0.2) is 0 Å². The minimum atomic E-state index is 0.292. The third kappa shape index (κ3) is 1.09. The fraction of sp³-hybridized carbons (Fsp3) is 0.889. The Kier molecular flexibility index (Phi) is 1.72. The van der Waals surface area contributed by atoms with Gasteiger partial charge < -0.3 is 0 Å². The number of carbonyl (C=O) groups excluding carboxylic acids is 1. The molecule has 1 unspecified atom stereocenters.